The summed E-state index contributed by atoms with van der Waals surface area (Å²) in [6.45, 7) is 3.76. The van der Waals surface area contributed by atoms with Gasteiger partial charge in [-0.15, -0.1) is 11.8 Å². The van der Waals surface area contributed by atoms with Gasteiger partial charge in [-0.3, -0.25) is 10.1 Å². The van der Waals surface area contributed by atoms with Crippen LogP contribution in [0.4, 0.5) is 17.6 Å². The van der Waals surface area contributed by atoms with Crippen LogP contribution in [0.15, 0.2) is 34.9 Å². The molecule has 10 heteroatoms. The Bertz CT molecular complexity index is 928. The van der Waals surface area contributed by atoms with Crippen LogP contribution in [-0.4, -0.2) is 31.8 Å². The maximum atomic E-state index is 12.0. The maximum absolute atomic E-state index is 12.0. The van der Waals surface area contributed by atoms with E-state index in [1.165, 1.54) is 11.8 Å². The lowest BCUT2D eigenvalue weighted by molar-refractivity contribution is -0.113. The van der Waals surface area contributed by atoms with Crippen molar-refractivity contribution < 1.29 is 9.32 Å². The second-order valence-corrected chi connectivity index (χ2v) is 7.08. The van der Waals surface area contributed by atoms with Crippen LogP contribution in [0.5, 0.6) is 0 Å². The van der Waals surface area contributed by atoms with Crippen LogP contribution in [0.25, 0.3) is 0 Å². The van der Waals surface area contributed by atoms with Crippen LogP contribution in [0.2, 0.25) is 5.02 Å². The molecule has 2 aromatic heterocycles. The SMILES string of the molecule is Cc1cc(C)nc(Nc2noc(CSCC(=O)Nc3cccc(Cl)c3)n2)n1. The number of benzene rings is 1. The second kappa shape index (κ2) is 8.83. The molecule has 0 bridgehead atoms. The summed E-state index contributed by atoms with van der Waals surface area (Å²) >= 11 is 7.25. The third-order valence-corrected chi connectivity index (χ3v) is 4.39. The molecule has 0 atom stereocenters. The molecular formula is C17H17ClN6O2S. The molecular weight excluding hydrogens is 388 g/mol. The fraction of sp³-hybridized carbons (Fsp3) is 0.235. The molecule has 2 heterocycles. The molecule has 0 fully saturated rings. The zero-order valence-corrected chi connectivity index (χ0v) is 16.3. The van der Waals surface area contributed by atoms with Crippen molar-refractivity contribution in [3.05, 3.63) is 52.6 Å². The number of hydrogen-bond donors (Lipinski definition) is 2. The Morgan fingerprint density at radius 1 is 1.15 bits per heavy atom. The summed E-state index contributed by atoms with van der Waals surface area (Å²) in [4.78, 5) is 24.7. The monoisotopic (exact) mass is 404 g/mol. The lowest BCUT2D eigenvalue weighted by atomic mass is 10.3. The topological polar surface area (TPSA) is 106 Å². The number of halogens is 1. The van der Waals surface area contributed by atoms with Crippen LogP contribution >= 0.6 is 23.4 Å². The minimum Gasteiger partial charge on any atom is -0.336 e. The molecule has 8 nitrogen and oxygen atoms in total. The summed E-state index contributed by atoms with van der Waals surface area (Å²) in [7, 11) is 0. The highest BCUT2D eigenvalue weighted by Crippen LogP contribution is 2.17. The molecule has 1 amide bonds. The number of nitrogens with zero attached hydrogens (tertiary/aromatic N) is 4. The number of hydrogen-bond acceptors (Lipinski definition) is 8. The van der Waals surface area contributed by atoms with E-state index in [-0.39, 0.29) is 17.6 Å². The van der Waals surface area contributed by atoms with Crippen LogP contribution in [0.1, 0.15) is 17.3 Å². The minimum atomic E-state index is -0.135. The molecule has 0 spiro atoms. The molecule has 3 rings (SSSR count). The Morgan fingerprint density at radius 2 is 1.93 bits per heavy atom. The Morgan fingerprint density at radius 3 is 2.67 bits per heavy atom. The molecule has 27 heavy (non-hydrogen) atoms. The third kappa shape index (κ3) is 5.93. The first kappa shape index (κ1) is 19.1. The van der Waals surface area contributed by atoms with Gasteiger partial charge in [-0.05, 0) is 43.3 Å². The zero-order valence-electron chi connectivity index (χ0n) is 14.7. The van der Waals surface area contributed by atoms with E-state index in [4.69, 9.17) is 16.1 Å². The quantitative estimate of drug-likeness (QED) is 0.613. The first-order valence-electron chi connectivity index (χ1n) is 8.03. The van der Waals surface area contributed by atoms with Crippen molar-refractivity contribution in [1.82, 2.24) is 20.1 Å². The number of amides is 1. The molecule has 1 aromatic carbocycles. The van der Waals surface area contributed by atoms with Crippen molar-refractivity contribution in [3.8, 4) is 0 Å². The molecule has 140 valence electrons. The minimum absolute atomic E-state index is 0.135. The van der Waals surface area contributed by atoms with Gasteiger partial charge in [0.2, 0.25) is 17.7 Å². The van der Waals surface area contributed by atoms with Crippen molar-refractivity contribution in [2.45, 2.75) is 19.6 Å². The van der Waals surface area contributed by atoms with Gasteiger partial charge >= 0.3 is 0 Å². The van der Waals surface area contributed by atoms with E-state index < -0.39 is 0 Å². The van der Waals surface area contributed by atoms with Gasteiger partial charge in [0.25, 0.3) is 5.95 Å². The number of anilines is 3. The predicted molar refractivity (Wildman–Crippen MR) is 105 cm³/mol. The fourth-order valence-electron chi connectivity index (χ4n) is 2.24. The van der Waals surface area contributed by atoms with Gasteiger partial charge in [0.1, 0.15) is 0 Å². The van der Waals surface area contributed by atoms with E-state index in [0.29, 0.717) is 28.3 Å². The summed E-state index contributed by atoms with van der Waals surface area (Å²) in [5, 5.41) is 10.1. The predicted octanol–water partition coefficient (Wildman–Crippen LogP) is 3.75. The van der Waals surface area contributed by atoms with E-state index in [1.807, 2.05) is 19.9 Å². The molecule has 0 radical (unpaired) electrons. The van der Waals surface area contributed by atoms with E-state index in [1.54, 1.807) is 24.3 Å². The first-order chi connectivity index (χ1) is 13.0. The summed E-state index contributed by atoms with van der Waals surface area (Å²) in [6.07, 6.45) is 0. The number of aryl methyl sites for hydroxylation is 2. The van der Waals surface area contributed by atoms with Crippen molar-refractivity contribution in [1.29, 1.82) is 0 Å². The van der Waals surface area contributed by atoms with E-state index in [9.17, 15) is 4.79 Å². The Balaban J connectivity index is 1.47. The summed E-state index contributed by atoms with van der Waals surface area (Å²) in [5.41, 5.74) is 2.34. The first-order valence-corrected chi connectivity index (χ1v) is 9.56. The normalized spacial score (nSPS) is 10.6. The van der Waals surface area contributed by atoms with Gasteiger partial charge in [0, 0.05) is 22.1 Å². The molecule has 0 aliphatic rings. The molecule has 3 aromatic rings. The Kier molecular flexibility index (Phi) is 6.25. The van der Waals surface area contributed by atoms with Crippen molar-refractivity contribution in [2.24, 2.45) is 0 Å². The second-order valence-electron chi connectivity index (χ2n) is 5.66. The van der Waals surface area contributed by atoms with Gasteiger partial charge in [0.05, 0.1) is 11.5 Å². The standard InChI is InChI=1S/C17H17ClN6O2S/c1-10-6-11(2)20-16(19-10)23-17-22-15(26-24-17)9-27-8-14(25)21-13-5-3-4-12(18)7-13/h3-7H,8-9H2,1-2H3,(H,21,25)(H,19,20,23,24). The van der Waals surface area contributed by atoms with Crippen molar-refractivity contribution in [3.63, 3.8) is 0 Å². The average molecular weight is 405 g/mol. The number of thioether (sulfide) groups is 1. The van der Waals surface area contributed by atoms with Crippen LogP contribution < -0.4 is 10.6 Å². The molecule has 0 saturated carbocycles. The zero-order chi connectivity index (χ0) is 19.2. The smallest absolute Gasteiger partial charge is 0.270 e. The molecule has 0 saturated heterocycles. The lowest BCUT2D eigenvalue weighted by Crippen LogP contribution is -2.14. The summed E-state index contributed by atoms with van der Waals surface area (Å²) < 4.78 is 5.16. The van der Waals surface area contributed by atoms with E-state index in [0.717, 1.165) is 11.4 Å². The van der Waals surface area contributed by atoms with Gasteiger partial charge in [-0.1, -0.05) is 17.7 Å². The summed E-state index contributed by atoms with van der Waals surface area (Å²) in [5.74, 6) is 1.61. The highest BCUT2D eigenvalue weighted by atomic mass is 35.5. The van der Waals surface area contributed by atoms with Crippen LogP contribution in [0, 0.1) is 13.8 Å². The molecule has 0 aliphatic heterocycles. The molecule has 0 unspecified atom stereocenters. The Hall–Kier alpha value is -2.65. The number of carbonyl (C=O) groups is 1. The molecule has 2 N–H and O–H groups in total. The van der Waals surface area contributed by atoms with Gasteiger partial charge in [-0.25, -0.2) is 9.97 Å². The van der Waals surface area contributed by atoms with Gasteiger partial charge in [-0.2, -0.15) is 4.98 Å². The van der Waals surface area contributed by atoms with Crippen LogP contribution in [-0.2, 0) is 10.5 Å². The fourth-order valence-corrected chi connectivity index (χ4v) is 3.08. The highest BCUT2D eigenvalue weighted by molar-refractivity contribution is 7.99. The third-order valence-electron chi connectivity index (χ3n) is 3.24. The largest absolute Gasteiger partial charge is 0.336 e. The molecule has 0 aliphatic carbocycles. The van der Waals surface area contributed by atoms with Gasteiger partial charge in [0.15, 0.2) is 0 Å². The number of rotatable bonds is 7. The Labute approximate surface area is 165 Å². The maximum Gasteiger partial charge on any atom is 0.270 e. The van der Waals surface area contributed by atoms with Crippen molar-refractivity contribution in [2.75, 3.05) is 16.4 Å². The van der Waals surface area contributed by atoms with Gasteiger partial charge < -0.3 is 9.84 Å². The van der Waals surface area contributed by atoms with Crippen molar-refractivity contribution >= 4 is 46.9 Å². The van der Waals surface area contributed by atoms with E-state index >= 15 is 0 Å². The number of aromatic nitrogens is 4. The van der Waals surface area contributed by atoms with Crippen LogP contribution in [0.3, 0.4) is 0 Å². The lowest BCUT2D eigenvalue weighted by Gasteiger charge is -2.04. The number of nitrogens with one attached hydrogen (secondary N) is 2. The average Bonchev–Trinajstić information content (AvgIpc) is 3.01. The highest BCUT2D eigenvalue weighted by Gasteiger charge is 2.10. The number of carbonyl (C=O) groups excluding carboxylic acids is 1. The summed E-state index contributed by atoms with van der Waals surface area (Å²) in [6, 6.07) is 8.86. The van der Waals surface area contributed by atoms with E-state index in [2.05, 4.69) is 30.7 Å².